The number of rotatable bonds is 5. The quantitative estimate of drug-likeness (QED) is 0.707. The summed E-state index contributed by atoms with van der Waals surface area (Å²) in [6.45, 7) is 1.68. The van der Waals surface area contributed by atoms with Crippen LogP contribution in [0.1, 0.15) is 45.4 Å². The van der Waals surface area contributed by atoms with Crippen molar-refractivity contribution in [3.8, 4) is 0 Å². The molecular formula is C11H21NO. The van der Waals surface area contributed by atoms with Crippen LogP contribution in [0.3, 0.4) is 0 Å². The Bertz CT molecular complexity index is 161. The molecule has 0 aliphatic heterocycles. The molecule has 2 heteroatoms. The van der Waals surface area contributed by atoms with Gasteiger partial charge in [-0.05, 0) is 39.2 Å². The van der Waals surface area contributed by atoms with Gasteiger partial charge >= 0.3 is 0 Å². The lowest BCUT2D eigenvalue weighted by Gasteiger charge is -2.22. The zero-order valence-corrected chi connectivity index (χ0v) is 8.81. The van der Waals surface area contributed by atoms with Crippen LogP contribution in [0.15, 0.2) is 0 Å². The lowest BCUT2D eigenvalue weighted by Crippen LogP contribution is -2.32. The number of ketones is 1. The maximum atomic E-state index is 10.9. The topological polar surface area (TPSA) is 29.1 Å². The number of hydrogen-bond donors (Lipinski definition) is 1. The van der Waals surface area contributed by atoms with Crippen molar-refractivity contribution in [2.75, 3.05) is 7.05 Å². The Kier molecular flexibility index (Phi) is 4.43. The molecule has 0 aromatic rings. The fraction of sp³-hybridized carbons (Fsp3) is 0.909. The number of hydrogen-bond acceptors (Lipinski definition) is 2. The fourth-order valence-electron chi connectivity index (χ4n) is 2.33. The van der Waals surface area contributed by atoms with Gasteiger partial charge in [-0.25, -0.2) is 0 Å². The van der Waals surface area contributed by atoms with Crippen molar-refractivity contribution in [1.82, 2.24) is 5.32 Å². The monoisotopic (exact) mass is 183 g/mol. The number of Topliss-reactive ketones (excluding diaryl/α,β-unsaturated/α-hetero) is 1. The molecule has 1 aliphatic rings. The first kappa shape index (κ1) is 10.7. The molecule has 0 aromatic heterocycles. The molecule has 1 saturated carbocycles. The smallest absolute Gasteiger partial charge is 0.129 e. The van der Waals surface area contributed by atoms with Gasteiger partial charge in [0.1, 0.15) is 5.78 Å². The van der Waals surface area contributed by atoms with E-state index in [9.17, 15) is 4.79 Å². The van der Waals surface area contributed by atoms with Gasteiger partial charge in [0.2, 0.25) is 0 Å². The molecule has 0 heterocycles. The highest BCUT2D eigenvalue weighted by atomic mass is 16.1. The van der Waals surface area contributed by atoms with Crippen LogP contribution in [0, 0.1) is 5.92 Å². The average molecular weight is 183 g/mol. The van der Waals surface area contributed by atoms with Crippen molar-refractivity contribution in [3.05, 3.63) is 0 Å². The number of nitrogens with one attached hydrogen (secondary N) is 1. The van der Waals surface area contributed by atoms with Crippen LogP contribution < -0.4 is 5.32 Å². The van der Waals surface area contributed by atoms with Crippen LogP contribution in [0.5, 0.6) is 0 Å². The maximum absolute atomic E-state index is 10.9. The van der Waals surface area contributed by atoms with E-state index in [1.165, 1.54) is 25.7 Å². The van der Waals surface area contributed by atoms with E-state index in [1.807, 2.05) is 7.05 Å². The first-order chi connectivity index (χ1) is 6.24. The van der Waals surface area contributed by atoms with E-state index in [0.717, 1.165) is 18.8 Å². The fourth-order valence-corrected chi connectivity index (χ4v) is 2.33. The lowest BCUT2D eigenvalue weighted by atomic mass is 9.94. The molecule has 0 bridgehead atoms. The highest BCUT2D eigenvalue weighted by Gasteiger charge is 2.23. The van der Waals surface area contributed by atoms with E-state index >= 15 is 0 Å². The van der Waals surface area contributed by atoms with E-state index in [2.05, 4.69) is 5.32 Å². The van der Waals surface area contributed by atoms with E-state index in [0.29, 0.717) is 11.8 Å². The van der Waals surface area contributed by atoms with Crippen molar-refractivity contribution in [2.24, 2.45) is 5.92 Å². The van der Waals surface area contributed by atoms with Gasteiger partial charge in [-0.2, -0.15) is 0 Å². The first-order valence-electron chi connectivity index (χ1n) is 5.40. The molecule has 2 nitrogen and oxygen atoms in total. The predicted molar refractivity (Wildman–Crippen MR) is 54.7 cm³/mol. The molecule has 0 aromatic carbocycles. The molecule has 1 atom stereocenters. The van der Waals surface area contributed by atoms with Crippen molar-refractivity contribution in [2.45, 2.75) is 51.5 Å². The molecule has 76 valence electrons. The van der Waals surface area contributed by atoms with Crippen LogP contribution in [0.4, 0.5) is 0 Å². The summed E-state index contributed by atoms with van der Waals surface area (Å²) in [6.07, 6.45) is 7.22. The minimum absolute atomic E-state index is 0.318. The van der Waals surface area contributed by atoms with Gasteiger partial charge in [0.05, 0.1) is 0 Å². The third-order valence-electron chi connectivity index (χ3n) is 3.15. The summed E-state index contributed by atoms with van der Waals surface area (Å²) in [5, 5.41) is 3.35. The van der Waals surface area contributed by atoms with Crippen molar-refractivity contribution in [3.63, 3.8) is 0 Å². The Morgan fingerprint density at radius 2 is 2.08 bits per heavy atom. The average Bonchev–Trinajstić information content (AvgIpc) is 2.58. The van der Waals surface area contributed by atoms with Gasteiger partial charge < -0.3 is 10.1 Å². The van der Waals surface area contributed by atoms with Crippen molar-refractivity contribution >= 4 is 5.78 Å². The molecule has 1 aliphatic carbocycles. The lowest BCUT2D eigenvalue weighted by molar-refractivity contribution is -0.117. The van der Waals surface area contributed by atoms with Crippen molar-refractivity contribution < 1.29 is 4.79 Å². The van der Waals surface area contributed by atoms with Gasteiger partial charge in [0.25, 0.3) is 0 Å². The van der Waals surface area contributed by atoms with E-state index < -0.39 is 0 Å². The minimum atomic E-state index is 0.318. The van der Waals surface area contributed by atoms with Gasteiger partial charge in [0.15, 0.2) is 0 Å². The van der Waals surface area contributed by atoms with Crippen LogP contribution in [0.25, 0.3) is 0 Å². The minimum Gasteiger partial charge on any atom is -0.317 e. The third kappa shape index (κ3) is 3.47. The Balaban J connectivity index is 2.28. The second kappa shape index (κ2) is 5.38. The van der Waals surface area contributed by atoms with Crippen LogP contribution >= 0.6 is 0 Å². The second-order valence-corrected chi connectivity index (χ2v) is 4.18. The number of carbonyl (C=O) groups excluding carboxylic acids is 1. The molecule has 0 radical (unpaired) electrons. The zero-order chi connectivity index (χ0) is 9.68. The van der Waals surface area contributed by atoms with E-state index in [-0.39, 0.29) is 0 Å². The maximum Gasteiger partial charge on any atom is 0.129 e. The van der Waals surface area contributed by atoms with E-state index in [1.54, 1.807) is 6.92 Å². The molecule has 13 heavy (non-hydrogen) atoms. The molecule has 1 unspecified atom stereocenters. The molecule has 1 N–H and O–H groups in total. The largest absolute Gasteiger partial charge is 0.317 e. The highest BCUT2D eigenvalue weighted by molar-refractivity contribution is 5.75. The standard InChI is InChI=1S/C11H21NO/c1-9(13)7-8-11(12-2)10-5-3-4-6-10/h10-12H,3-8H2,1-2H3. The predicted octanol–water partition coefficient (Wildman–Crippen LogP) is 2.13. The SMILES string of the molecule is CNC(CCC(C)=O)C1CCCC1. The summed E-state index contributed by atoms with van der Waals surface area (Å²) in [4.78, 5) is 10.9. The summed E-state index contributed by atoms with van der Waals surface area (Å²) in [7, 11) is 2.02. The summed E-state index contributed by atoms with van der Waals surface area (Å²) < 4.78 is 0. The molecular weight excluding hydrogens is 162 g/mol. The second-order valence-electron chi connectivity index (χ2n) is 4.18. The van der Waals surface area contributed by atoms with E-state index in [4.69, 9.17) is 0 Å². The Hall–Kier alpha value is -0.370. The zero-order valence-electron chi connectivity index (χ0n) is 8.81. The Morgan fingerprint density at radius 1 is 1.46 bits per heavy atom. The molecule has 0 spiro atoms. The van der Waals surface area contributed by atoms with Crippen molar-refractivity contribution in [1.29, 1.82) is 0 Å². The molecule has 0 saturated heterocycles. The highest BCUT2D eigenvalue weighted by Crippen LogP contribution is 2.29. The Labute approximate surface area is 81.1 Å². The first-order valence-corrected chi connectivity index (χ1v) is 5.40. The summed E-state index contributed by atoms with van der Waals surface area (Å²) in [5.74, 6) is 1.14. The van der Waals surface area contributed by atoms with Crippen LogP contribution in [-0.4, -0.2) is 18.9 Å². The molecule has 1 rings (SSSR count). The molecule has 1 fully saturated rings. The van der Waals surface area contributed by atoms with Gasteiger partial charge in [-0.3, -0.25) is 0 Å². The van der Waals surface area contributed by atoms with Crippen LogP contribution in [-0.2, 0) is 4.79 Å². The normalized spacial score (nSPS) is 20.5. The third-order valence-corrected chi connectivity index (χ3v) is 3.15. The summed E-state index contributed by atoms with van der Waals surface area (Å²) >= 11 is 0. The Morgan fingerprint density at radius 3 is 2.54 bits per heavy atom. The summed E-state index contributed by atoms with van der Waals surface area (Å²) in [5.41, 5.74) is 0. The van der Waals surface area contributed by atoms with Gasteiger partial charge in [-0.1, -0.05) is 12.8 Å². The molecule has 0 amide bonds. The number of carbonyl (C=O) groups is 1. The van der Waals surface area contributed by atoms with Gasteiger partial charge in [0, 0.05) is 12.5 Å². The summed E-state index contributed by atoms with van der Waals surface area (Å²) in [6, 6.07) is 0.575. The van der Waals surface area contributed by atoms with Crippen LogP contribution in [0.2, 0.25) is 0 Å². The van der Waals surface area contributed by atoms with Gasteiger partial charge in [-0.15, -0.1) is 0 Å².